The van der Waals surface area contributed by atoms with Gasteiger partial charge in [-0.1, -0.05) is 30.5 Å². The zero-order valence-electron chi connectivity index (χ0n) is 17.1. The summed E-state index contributed by atoms with van der Waals surface area (Å²) < 4.78 is 37.8. The molecule has 8 heteroatoms. The number of piperidine rings is 1. The van der Waals surface area contributed by atoms with Crippen molar-refractivity contribution in [3.05, 3.63) is 29.8 Å². The van der Waals surface area contributed by atoms with Gasteiger partial charge in [-0.05, 0) is 44.2 Å². The Bertz CT molecular complexity index is 989. The quantitative estimate of drug-likeness (QED) is 0.538. The summed E-state index contributed by atoms with van der Waals surface area (Å²) in [5.41, 5.74) is -0.678. The second-order valence-electron chi connectivity index (χ2n) is 9.27. The number of amides is 1. The lowest BCUT2D eigenvalue weighted by Gasteiger charge is -2.60. The van der Waals surface area contributed by atoms with E-state index in [0.29, 0.717) is 19.4 Å². The molecule has 0 radical (unpaired) electrons. The third-order valence-electron chi connectivity index (χ3n) is 7.74. The first-order chi connectivity index (χ1) is 14.3. The molecule has 0 bridgehead atoms. The number of carbonyl (C=O) groups is 2. The molecule has 30 heavy (non-hydrogen) atoms. The molecule has 4 unspecified atom stereocenters. The highest BCUT2D eigenvalue weighted by molar-refractivity contribution is 7.86. The molecule has 1 aliphatic carbocycles. The van der Waals surface area contributed by atoms with Gasteiger partial charge >= 0.3 is 5.97 Å². The summed E-state index contributed by atoms with van der Waals surface area (Å²) >= 11 is 0. The molecule has 3 heterocycles. The minimum absolute atomic E-state index is 0.0852. The molecule has 1 aromatic carbocycles. The van der Waals surface area contributed by atoms with Crippen molar-refractivity contribution in [2.45, 2.75) is 67.9 Å². The average Bonchev–Trinajstić information content (AvgIpc) is 3.01. The number of rotatable bonds is 3. The number of fused-ring (bicyclic) bond motifs is 1. The Morgan fingerprint density at radius 1 is 1.10 bits per heavy atom. The summed E-state index contributed by atoms with van der Waals surface area (Å²) in [5, 5.41) is 0. The predicted molar refractivity (Wildman–Crippen MR) is 107 cm³/mol. The fraction of sp³-hybridized carbons (Fsp3) is 0.636. The van der Waals surface area contributed by atoms with Gasteiger partial charge in [0, 0.05) is 18.9 Å². The SMILES string of the molecule is Cc1ccc(S(=O)(=O)OC23CCN4C(=O)CC5CCCCC54C2CC(=O)OC3)cc1. The first-order valence-electron chi connectivity index (χ1n) is 10.8. The summed E-state index contributed by atoms with van der Waals surface area (Å²) in [6, 6.07) is 6.56. The zero-order valence-corrected chi connectivity index (χ0v) is 17.9. The number of hydrogen-bond acceptors (Lipinski definition) is 6. The fourth-order valence-corrected chi connectivity index (χ4v) is 7.66. The van der Waals surface area contributed by atoms with Crippen molar-refractivity contribution in [2.75, 3.05) is 13.2 Å². The van der Waals surface area contributed by atoms with Gasteiger partial charge in [0.25, 0.3) is 10.1 Å². The third kappa shape index (κ3) is 2.83. The van der Waals surface area contributed by atoms with Gasteiger partial charge < -0.3 is 9.64 Å². The van der Waals surface area contributed by atoms with Crippen LogP contribution in [0.15, 0.2) is 29.2 Å². The summed E-state index contributed by atoms with van der Waals surface area (Å²) in [6.07, 6.45) is 4.64. The van der Waals surface area contributed by atoms with E-state index in [4.69, 9.17) is 8.92 Å². The number of ether oxygens (including phenoxy) is 1. The molecule has 162 valence electrons. The molecule has 4 fully saturated rings. The van der Waals surface area contributed by atoms with Crippen LogP contribution in [0.4, 0.5) is 0 Å². The van der Waals surface area contributed by atoms with E-state index in [2.05, 4.69) is 0 Å². The first-order valence-corrected chi connectivity index (χ1v) is 12.2. The van der Waals surface area contributed by atoms with Crippen LogP contribution in [0.25, 0.3) is 0 Å². The Morgan fingerprint density at radius 2 is 1.87 bits per heavy atom. The molecule has 5 rings (SSSR count). The van der Waals surface area contributed by atoms with Gasteiger partial charge in [-0.15, -0.1) is 0 Å². The van der Waals surface area contributed by atoms with Gasteiger partial charge in [-0.2, -0.15) is 8.42 Å². The highest BCUT2D eigenvalue weighted by atomic mass is 32.2. The molecule has 1 aromatic rings. The number of nitrogens with zero attached hydrogens (tertiary/aromatic N) is 1. The lowest BCUT2D eigenvalue weighted by molar-refractivity contribution is -0.203. The molecular formula is C22H27NO6S. The topological polar surface area (TPSA) is 90.0 Å². The van der Waals surface area contributed by atoms with Crippen molar-refractivity contribution >= 4 is 22.0 Å². The molecule has 1 saturated carbocycles. The molecule has 3 saturated heterocycles. The van der Waals surface area contributed by atoms with E-state index < -0.39 is 21.3 Å². The van der Waals surface area contributed by atoms with E-state index in [9.17, 15) is 18.0 Å². The molecule has 7 nitrogen and oxygen atoms in total. The van der Waals surface area contributed by atoms with Gasteiger partial charge in [-0.3, -0.25) is 13.8 Å². The van der Waals surface area contributed by atoms with E-state index in [0.717, 1.165) is 31.2 Å². The van der Waals surface area contributed by atoms with Crippen LogP contribution in [-0.4, -0.2) is 49.5 Å². The second-order valence-corrected chi connectivity index (χ2v) is 10.8. The van der Waals surface area contributed by atoms with Crippen LogP contribution in [0.3, 0.4) is 0 Å². The van der Waals surface area contributed by atoms with Crippen LogP contribution >= 0.6 is 0 Å². The maximum absolute atomic E-state index is 13.2. The minimum Gasteiger partial charge on any atom is -0.463 e. The van der Waals surface area contributed by atoms with Crippen molar-refractivity contribution in [3.8, 4) is 0 Å². The first kappa shape index (κ1) is 20.0. The average molecular weight is 434 g/mol. The summed E-state index contributed by atoms with van der Waals surface area (Å²) in [6.45, 7) is 2.24. The Kier molecular flexibility index (Phi) is 4.52. The van der Waals surface area contributed by atoms with Gasteiger partial charge in [0.15, 0.2) is 0 Å². The molecule has 1 spiro atoms. The van der Waals surface area contributed by atoms with E-state index in [1.54, 1.807) is 24.3 Å². The lowest BCUT2D eigenvalue weighted by Crippen LogP contribution is -2.71. The van der Waals surface area contributed by atoms with Crippen LogP contribution in [0.1, 0.15) is 50.5 Å². The van der Waals surface area contributed by atoms with Crippen molar-refractivity contribution in [1.29, 1.82) is 0 Å². The summed E-state index contributed by atoms with van der Waals surface area (Å²) in [5.74, 6) is -0.459. The van der Waals surface area contributed by atoms with Crippen molar-refractivity contribution < 1.29 is 26.9 Å². The number of hydrogen-bond donors (Lipinski definition) is 0. The number of benzene rings is 1. The standard InChI is InChI=1S/C22H27NO6S/c1-15-5-7-17(8-6-15)30(26,27)29-21-10-11-23-19(24)12-16-4-2-3-9-22(16,23)18(21)13-20(25)28-14-21/h5-8,16,18H,2-4,9-14H2,1H3. The molecule has 3 aliphatic heterocycles. The Labute approximate surface area is 176 Å². The van der Waals surface area contributed by atoms with Crippen LogP contribution in [0.2, 0.25) is 0 Å². The highest BCUT2D eigenvalue weighted by Gasteiger charge is 2.68. The van der Waals surface area contributed by atoms with Crippen molar-refractivity contribution in [1.82, 2.24) is 4.90 Å². The summed E-state index contributed by atoms with van der Waals surface area (Å²) in [7, 11) is -4.05. The number of esters is 1. The Morgan fingerprint density at radius 3 is 2.63 bits per heavy atom. The van der Waals surface area contributed by atoms with Crippen molar-refractivity contribution in [3.63, 3.8) is 0 Å². The number of carbonyl (C=O) groups excluding carboxylic acids is 2. The Hall–Kier alpha value is -1.93. The minimum atomic E-state index is -4.05. The zero-order chi connectivity index (χ0) is 21.1. The van der Waals surface area contributed by atoms with Gasteiger partial charge in [0.2, 0.25) is 5.91 Å². The van der Waals surface area contributed by atoms with Gasteiger partial charge in [0.05, 0.1) is 16.9 Å². The Balaban J connectivity index is 1.57. The van der Waals surface area contributed by atoms with Crippen LogP contribution < -0.4 is 0 Å². The smallest absolute Gasteiger partial charge is 0.306 e. The van der Waals surface area contributed by atoms with E-state index >= 15 is 0 Å². The summed E-state index contributed by atoms with van der Waals surface area (Å²) in [4.78, 5) is 27.2. The normalized spacial score (nSPS) is 36.0. The maximum atomic E-state index is 13.2. The third-order valence-corrected chi connectivity index (χ3v) is 9.14. The predicted octanol–water partition coefficient (Wildman–Crippen LogP) is 2.57. The van der Waals surface area contributed by atoms with Gasteiger partial charge in [0.1, 0.15) is 12.2 Å². The van der Waals surface area contributed by atoms with Gasteiger partial charge in [-0.25, -0.2) is 0 Å². The van der Waals surface area contributed by atoms with E-state index in [1.807, 2.05) is 11.8 Å². The molecule has 4 atom stereocenters. The number of cyclic esters (lactones) is 1. The maximum Gasteiger partial charge on any atom is 0.306 e. The van der Waals surface area contributed by atoms with Crippen LogP contribution in [0.5, 0.6) is 0 Å². The lowest BCUT2D eigenvalue weighted by atomic mass is 9.57. The largest absolute Gasteiger partial charge is 0.463 e. The highest BCUT2D eigenvalue weighted by Crippen LogP contribution is 2.59. The molecule has 1 amide bonds. The van der Waals surface area contributed by atoms with Crippen LogP contribution in [-0.2, 0) is 28.6 Å². The van der Waals surface area contributed by atoms with E-state index in [1.165, 1.54) is 0 Å². The second kappa shape index (κ2) is 6.79. The molecule has 0 N–H and O–H groups in total. The monoisotopic (exact) mass is 433 g/mol. The molecule has 0 aromatic heterocycles. The van der Waals surface area contributed by atoms with Crippen LogP contribution in [0, 0.1) is 18.8 Å². The van der Waals surface area contributed by atoms with E-state index in [-0.39, 0.29) is 41.6 Å². The molecule has 4 aliphatic rings. The fourth-order valence-electron chi connectivity index (χ4n) is 6.41. The number of aryl methyl sites for hydroxylation is 1. The van der Waals surface area contributed by atoms with Crippen molar-refractivity contribution in [2.24, 2.45) is 11.8 Å². The molecular weight excluding hydrogens is 406 g/mol.